The van der Waals surface area contributed by atoms with Crippen LogP contribution in [-0.2, 0) is 23.8 Å². The van der Waals surface area contributed by atoms with Gasteiger partial charge >= 0.3 is 6.18 Å². The normalized spacial score (nSPS) is 14.7. The molecule has 1 aromatic carbocycles. The number of thioether (sulfide) groups is 1. The standard InChI is InChI=1S/C17H15ClF3N3O2S/c1-8(27-16-23-13-4-2-3-10(13)15(26)24-16)14(25)22-9-5-6-12(18)11(7-9)17(19,20)21/h5-8H,2-4H2,1H3,(H,22,25)(H,23,24,26). The van der Waals surface area contributed by atoms with Gasteiger partial charge in [-0.2, -0.15) is 13.2 Å². The number of H-pyrrole nitrogens is 1. The summed E-state index contributed by atoms with van der Waals surface area (Å²) < 4.78 is 38.7. The number of rotatable bonds is 4. The highest BCUT2D eigenvalue weighted by Gasteiger charge is 2.33. The highest BCUT2D eigenvalue weighted by atomic mass is 35.5. The number of aryl methyl sites for hydroxylation is 1. The molecule has 1 heterocycles. The van der Waals surface area contributed by atoms with Crippen molar-refractivity contribution in [1.82, 2.24) is 9.97 Å². The number of carbonyl (C=O) groups excluding carboxylic acids is 1. The van der Waals surface area contributed by atoms with Crippen LogP contribution >= 0.6 is 23.4 Å². The number of aromatic amines is 1. The number of amides is 1. The van der Waals surface area contributed by atoms with E-state index in [1.165, 1.54) is 6.07 Å². The van der Waals surface area contributed by atoms with Gasteiger partial charge in [0, 0.05) is 11.3 Å². The first kappa shape index (κ1) is 19.8. The van der Waals surface area contributed by atoms with Crippen molar-refractivity contribution < 1.29 is 18.0 Å². The van der Waals surface area contributed by atoms with E-state index in [1.807, 2.05) is 0 Å². The molecule has 1 aliphatic rings. The Hall–Kier alpha value is -2.00. The molecule has 0 fully saturated rings. The van der Waals surface area contributed by atoms with Crippen molar-refractivity contribution in [2.45, 2.75) is 42.8 Å². The summed E-state index contributed by atoms with van der Waals surface area (Å²) in [5, 5.41) is 1.62. The van der Waals surface area contributed by atoms with E-state index in [-0.39, 0.29) is 11.2 Å². The highest BCUT2D eigenvalue weighted by Crippen LogP contribution is 2.36. The van der Waals surface area contributed by atoms with Gasteiger partial charge in [0.2, 0.25) is 5.91 Å². The maximum Gasteiger partial charge on any atom is 0.417 e. The molecule has 1 aliphatic carbocycles. The number of alkyl halides is 3. The zero-order chi connectivity index (χ0) is 19.8. The van der Waals surface area contributed by atoms with E-state index < -0.39 is 27.9 Å². The molecular weight excluding hydrogens is 403 g/mol. The Balaban J connectivity index is 1.72. The van der Waals surface area contributed by atoms with Gasteiger partial charge in [0.15, 0.2) is 5.16 Å². The second kappa shape index (κ2) is 7.55. The third-order valence-electron chi connectivity index (χ3n) is 4.12. The largest absolute Gasteiger partial charge is 0.417 e. The van der Waals surface area contributed by atoms with Crippen LogP contribution in [0.4, 0.5) is 18.9 Å². The smallest absolute Gasteiger partial charge is 0.325 e. The zero-order valence-corrected chi connectivity index (χ0v) is 15.7. The molecule has 1 unspecified atom stereocenters. The molecule has 2 aromatic rings. The predicted molar refractivity (Wildman–Crippen MR) is 97.3 cm³/mol. The Kier molecular flexibility index (Phi) is 5.53. The van der Waals surface area contributed by atoms with Crippen molar-refractivity contribution in [2.75, 3.05) is 5.32 Å². The van der Waals surface area contributed by atoms with Crippen LogP contribution in [0.2, 0.25) is 5.02 Å². The Morgan fingerprint density at radius 2 is 2.11 bits per heavy atom. The fourth-order valence-electron chi connectivity index (χ4n) is 2.76. The summed E-state index contributed by atoms with van der Waals surface area (Å²) in [6.07, 6.45) is -2.34. The van der Waals surface area contributed by atoms with E-state index in [9.17, 15) is 22.8 Å². The quantitative estimate of drug-likeness (QED) is 0.581. The van der Waals surface area contributed by atoms with Crippen LogP contribution in [0, 0.1) is 0 Å². The van der Waals surface area contributed by atoms with Crippen LogP contribution < -0.4 is 10.9 Å². The first-order valence-electron chi connectivity index (χ1n) is 8.11. The van der Waals surface area contributed by atoms with E-state index in [0.29, 0.717) is 17.1 Å². The molecule has 5 nitrogen and oxygen atoms in total. The summed E-state index contributed by atoms with van der Waals surface area (Å²) >= 11 is 6.61. The van der Waals surface area contributed by atoms with E-state index in [1.54, 1.807) is 6.92 Å². The molecule has 0 aliphatic heterocycles. The number of nitrogens with one attached hydrogen (secondary N) is 2. The van der Waals surface area contributed by atoms with Gasteiger partial charge in [-0.1, -0.05) is 23.4 Å². The zero-order valence-electron chi connectivity index (χ0n) is 14.1. The Bertz CT molecular complexity index is 946. The maximum atomic E-state index is 12.9. The minimum absolute atomic E-state index is 0.0143. The summed E-state index contributed by atoms with van der Waals surface area (Å²) in [5.74, 6) is -0.515. The lowest BCUT2D eigenvalue weighted by Crippen LogP contribution is -2.24. The molecule has 1 aromatic heterocycles. The lowest BCUT2D eigenvalue weighted by atomic mass is 10.2. The third kappa shape index (κ3) is 4.47. The number of carbonyl (C=O) groups is 1. The van der Waals surface area contributed by atoms with Crippen LogP contribution in [0.1, 0.15) is 30.2 Å². The molecule has 3 rings (SSSR count). The monoisotopic (exact) mass is 417 g/mol. The summed E-state index contributed by atoms with van der Waals surface area (Å²) in [6.45, 7) is 1.58. The Morgan fingerprint density at radius 1 is 1.37 bits per heavy atom. The molecule has 0 spiro atoms. The lowest BCUT2D eigenvalue weighted by molar-refractivity contribution is -0.137. The second-order valence-corrected chi connectivity index (χ2v) is 7.83. The average molecular weight is 418 g/mol. The van der Waals surface area contributed by atoms with E-state index in [0.717, 1.165) is 42.4 Å². The van der Waals surface area contributed by atoms with Crippen LogP contribution in [0.5, 0.6) is 0 Å². The molecular formula is C17H15ClF3N3O2S. The molecule has 0 bridgehead atoms. The van der Waals surface area contributed by atoms with Gasteiger partial charge in [0.25, 0.3) is 5.56 Å². The van der Waals surface area contributed by atoms with Crippen molar-refractivity contribution in [1.29, 1.82) is 0 Å². The number of hydrogen-bond donors (Lipinski definition) is 2. The molecule has 144 valence electrons. The molecule has 27 heavy (non-hydrogen) atoms. The number of nitrogens with zero attached hydrogens (tertiary/aromatic N) is 1. The molecule has 0 saturated carbocycles. The van der Waals surface area contributed by atoms with Gasteiger partial charge in [-0.25, -0.2) is 4.98 Å². The molecule has 0 radical (unpaired) electrons. The minimum atomic E-state index is -4.62. The number of halogens is 4. The van der Waals surface area contributed by atoms with Gasteiger partial charge in [0.1, 0.15) is 0 Å². The number of hydrogen-bond acceptors (Lipinski definition) is 4. The first-order chi connectivity index (χ1) is 12.6. The van der Waals surface area contributed by atoms with E-state index in [2.05, 4.69) is 15.3 Å². The summed E-state index contributed by atoms with van der Waals surface area (Å²) in [5.41, 5.74) is 0.172. The average Bonchev–Trinajstić information content (AvgIpc) is 3.04. The second-order valence-electron chi connectivity index (χ2n) is 6.09. The van der Waals surface area contributed by atoms with Crippen molar-refractivity contribution in [3.05, 3.63) is 50.4 Å². The van der Waals surface area contributed by atoms with Gasteiger partial charge in [0.05, 0.1) is 21.5 Å². The number of fused-ring (bicyclic) bond motifs is 1. The predicted octanol–water partition coefficient (Wildman–Crippen LogP) is 4.05. The molecule has 1 atom stereocenters. The highest BCUT2D eigenvalue weighted by molar-refractivity contribution is 8.00. The van der Waals surface area contributed by atoms with Gasteiger partial charge < -0.3 is 10.3 Å². The Labute approximate surface area is 161 Å². The third-order valence-corrected chi connectivity index (χ3v) is 5.43. The van der Waals surface area contributed by atoms with Crippen molar-refractivity contribution in [3.8, 4) is 0 Å². The van der Waals surface area contributed by atoms with Crippen LogP contribution in [0.25, 0.3) is 0 Å². The summed E-state index contributed by atoms with van der Waals surface area (Å²) in [4.78, 5) is 31.3. The summed E-state index contributed by atoms with van der Waals surface area (Å²) in [6, 6.07) is 3.16. The number of anilines is 1. The number of aromatic nitrogens is 2. The van der Waals surface area contributed by atoms with Crippen molar-refractivity contribution in [3.63, 3.8) is 0 Å². The fourth-order valence-corrected chi connectivity index (χ4v) is 3.80. The van der Waals surface area contributed by atoms with Gasteiger partial charge in [-0.15, -0.1) is 0 Å². The molecule has 2 N–H and O–H groups in total. The first-order valence-corrected chi connectivity index (χ1v) is 9.37. The molecule has 1 amide bonds. The van der Waals surface area contributed by atoms with Gasteiger partial charge in [-0.3, -0.25) is 9.59 Å². The van der Waals surface area contributed by atoms with Crippen LogP contribution in [0.3, 0.4) is 0 Å². The fraction of sp³-hybridized carbons (Fsp3) is 0.353. The van der Waals surface area contributed by atoms with Crippen molar-refractivity contribution >= 4 is 35.0 Å². The van der Waals surface area contributed by atoms with E-state index >= 15 is 0 Å². The van der Waals surface area contributed by atoms with Gasteiger partial charge in [-0.05, 0) is 44.4 Å². The van der Waals surface area contributed by atoms with Crippen LogP contribution in [0.15, 0.2) is 28.2 Å². The molecule has 10 heteroatoms. The van der Waals surface area contributed by atoms with Crippen LogP contribution in [-0.4, -0.2) is 21.1 Å². The maximum absolute atomic E-state index is 12.9. The number of benzene rings is 1. The molecule has 0 saturated heterocycles. The Morgan fingerprint density at radius 3 is 2.81 bits per heavy atom. The van der Waals surface area contributed by atoms with Crippen molar-refractivity contribution in [2.24, 2.45) is 0 Å². The lowest BCUT2D eigenvalue weighted by Gasteiger charge is -2.14. The van der Waals surface area contributed by atoms with E-state index in [4.69, 9.17) is 11.6 Å². The topological polar surface area (TPSA) is 74.8 Å². The summed E-state index contributed by atoms with van der Waals surface area (Å²) in [7, 11) is 0. The minimum Gasteiger partial charge on any atom is -0.325 e. The SMILES string of the molecule is CC(Sc1nc2c(c(=O)[nH]1)CCC2)C(=O)Nc1ccc(Cl)c(C(F)(F)F)c1.